The monoisotopic (exact) mass is 388 g/mol. The fourth-order valence-corrected chi connectivity index (χ4v) is 4.16. The molecule has 0 spiro atoms. The third kappa shape index (κ3) is 4.68. The summed E-state index contributed by atoms with van der Waals surface area (Å²) in [5, 5.41) is 0. The number of carbonyl (C=O) groups is 2. The molecular formula is C23H33NO4. The van der Waals surface area contributed by atoms with Crippen LogP contribution in [0.4, 0.5) is 4.79 Å². The van der Waals surface area contributed by atoms with E-state index < -0.39 is 29.7 Å². The van der Waals surface area contributed by atoms with Crippen molar-refractivity contribution in [1.82, 2.24) is 4.90 Å². The van der Waals surface area contributed by atoms with E-state index in [1.807, 2.05) is 51.1 Å². The molecule has 2 aliphatic rings. The number of nitrogens with zero attached hydrogens (tertiary/aromatic N) is 1. The summed E-state index contributed by atoms with van der Waals surface area (Å²) in [5.74, 6) is -0.652. The number of carbonyl (C=O) groups excluding carboxylic acids is 2. The zero-order chi connectivity index (χ0) is 21.3. The first-order valence-electron chi connectivity index (χ1n) is 10.8. The molecule has 1 saturated carbocycles. The Balaban J connectivity index is 1.86. The fraction of sp³-hybridized carbons (Fsp3) is 0.652. The lowest BCUT2D eigenvalue weighted by atomic mass is 9.71. The van der Waals surface area contributed by atoms with Gasteiger partial charge in [-0.3, -0.25) is 4.90 Å². The first-order chi connectivity index (χ1) is 13.6. The second-order valence-electron chi connectivity index (χ2n) is 9.53. The Hall–Kier alpha value is -2.04. The average molecular weight is 389 g/mol. The minimum atomic E-state index is -1.77. The highest BCUT2D eigenvalue weighted by molar-refractivity contribution is 5.84. The predicted octanol–water partition coefficient (Wildman–Crippen LogP) is 5.28. The van der Waals surface area contributed by atoms with Crippen molar-refractivity contribution in [1.29, 1.82) is 0 Å². The summed E-state index contributed by atoms with van der Waals surface area (Å²) < 4.78 is 20.2. The first kappa shape index (κ1) is 19.3. The van der Waals surface area contributed by atoms with E-state index in [1.165, 1.54) is 11.3 Å². The summed E-state index contributed by atoms with van der Waals surface area (Å²) in [7, 11) is 0. The Morgan fingerprint density at radius 1 is 1.25 bits per heavy atom. The van der Waals surface area contributed by atoms with Gasteiger partial charge in [-0.05, 0) is 30.2 Å². The van der Waals surface area contributed by atoms with Crippen LogP contribution in [-0.2, 0) is 20.9 Å². The van der Waals surface area contributed by atoms with Crippen molar-refractivity contribution in [3.8, 4) is 0 Å². The van der Waals surface area contributed by atoms with E-state index in [0.29, 0.717) is 0 Å². The highest BCUT2D eigenvalue weighted by atomic mass is 16.6. The molecule has 1 heterocycles. The van der Waals surface area contributed by atoms with Crippen LogP contribution in [0.25, 0.3) is 0 Å². The molecule has 2 fully saturated rings. The second-order valence-corrected chi connectivity index (χ2v) is 9.53. The van der Waals surface area contributed by atoms with E-state index in [0.717, 1.165) is 31.2 Å². The Bertz CT molecular complexity index is 739. The molecule has 0 aromatic heterocycles. The van der Waals surface area contributed by atoms with Crippen LogP contribution in [0.15, 0.2) is 30.3 Å². The molecular weight excluding hydrogens is 354 g/mol. The summed E-state index contributed by atoms with van der Waals surface area (Å²) in [5.41, 5.74) is 0.163. The van der Waals surface area contributed by atoms with E-state index in [1.54, 1.807) is 0 Å². The van der Waals surface area contributed by atoms with E-state index in [4.69, 9.17) is 10.8 Å². The van der Waals surface area contributed by atoms with E-state index >= 15 is 0 Å². The molecule has 28 heavy (non-hydrogen) atoms. The van der Waals surface area contributed by atoms with Crippen molar-refractivity contribution in [2.45, 2.75) is 85.1 Å². The molecule has 0 radical (unpaired) electrons. The van der Waals surface area contributed by atoms with Gasteiger partial charge in [0.05, 0.1) is 1.37 Å². The molecule has 2 atom stereocenters. The minimum absolute atomic E-state index is 0.0918. The lowest BCUT2D eigenvalue weighted by Crippen LogP contribution is -2.49. The fourth-order valence-electron chi connectivity index (χ4n) is 4.16. The molecule has 1 saturated heterocycles. The van der Waals surface area contributed by atoms with Crippen molar-refractivity contribution in [2.75, 3.05) is 0 Å². The maximum absolute atomic E-state index is 13.1. The summed E-state index contributed by atoms with van der Waals surface area (Å²) in [4.78, 5) is 27.3. The molecule has 1 aliphatic heterocycles. The van der Waals surface area contributed by atoms with Crippen molar-refractivity contribution in [2.24, 2.45) is 10.8 Å². The zero-order valence-electron chi connectivity index (χ0n) is 18.5. The van der Waals surface area contributed by atoms with Gasteiger partial charge in [0.2, 0.25) is 0 Å². The first-order valence-corrected chi connectivity index (χ1v) is 10.3. The van der Waals surface area contributed by atoms with E-state index in [2.05, 4.69) is 6.92 Å². The Morgan fingerprint density at radius 3 is 2.50 bits per heavy atom. The van der Waals surface area contributed by atoms with Crippen LogP contribution >= 0.6 is 0 Å². The van der Waals surface area contributed by atoms with Crippen LogP contribution in [0.3, 0.4) is 0 Å². The van der Waals surface area contributed by atoms with Crippen molar-refractivity contribution in [3.63, 3.8) is 0 Å². The largest absolute Gasteiger partial charge is 0.444 e. The molecule has 0 bridgehead atoms. The predicted molar refractivity (Wildman–Crippen MR) is 107 cm³/mol. The highest BCUT2D eigenvalue weighted by Gasteiger charge is 2.52. The van der Waals surface area contributed by atoms with Crippen LogP contribution in [0.2, 0.25) is 0 Å². The summed E-state index contributed by atoms with van der Waals surface area (Å²) >= 11 is 0. The molecule has 5 heteroatoms. The zero-order valence-corrected chi connectivity index (χ0v) is 17.5. The van der Waals surface area contributed by atoms with Crippen molar-refractivity contribution in [3.05, 3.63) is 35.9 Å². The topological polar surface area (TPSA) is 55.8 Å². The van der Waals surface area contributed by atoms with E-state index in [9.17, 15) is 9.59 Å². The molecule has 0 unspecified atom stereocenters. The van der Waals surface area contributed by atoms with E-state index in [-0.39, 0.29) is 18.4 Å². The second kappa shape index (κ2) is 8.14. The SMILES string of the molecule is [2H][C@]1(CC2(C)CCCCC2)C(=O)O[C@@H](C(C)(C)C)N1C(=O)OCc1ccccc1. The molecule has 3 rings (SSSR count). The van der Waals surface area contributed by atoms with Gasteiger partial charge in [0.1, 0.15) is 12.6 Å². The van der Waals surface area contributed by atoms with Crippen LogP contribution in [-0.4, -0.2) is 29.2 Å². The normalized spacial score (nSPS) is 27.9. The van der Waals surface area contributed by atoms with Gasteiger partial charge in [-0.1, -0.05) is 77.3 Å². The van der Waals surface area contributed by atoms with Crippen LogP contribution in [0, 0.1) is 10.8 Å². The smallest absolute Gasteiger partial charge is 0.413 e. The molecule has 5 nitrogen and oxygen atoms in total. The third-order valence-corrected chi connectivity index (χ3v) is 5.78. The maximum Gasteiger partial charge on any atom is 0.413 e. The highest BCUT2D eigenvalue weighted by Crippen LogP contribution is 2.43. The van der Waals surface area contributed by atoms with Crippen LogP contribution in [0.5, 0.6) is 0 Å². The molecule has 1 aromatic carbocycles. The summed E-state index contributed by atoms with van der Waals surface area (Å²) in [6, 6.07) is 7.63. The summed E-state index contributed by atoms with van der Waals surface area (Å²) in [6.07, 6.45) is 4.02. The number of benzene rings is 1. The number of esters is 1. The van der Waals surface area contributed by atoms with Crippen LogP contribution in [0.1, 0.15) is 73.2 Å². The third-order valence-electron chi connectivity index (χ3n) is 5.78. The van der Waals surface area contributed by atoms with Crippen LogP contribution < -0.4 is 0 Å². The van der Waals surface area contributed by atoms with Gasteiger partial charge in [-0.15, -0.1) is 0 Å². The Labute approximate surface area is 169 Å². The Morgan fingerprint density at radius 2 is 1.89 bits per heavy atom. The van der Waals surface area contributed by atoms with Gasteiger partial charge in [-0.25, -0.2) is 9.59 Å². The van der Waals surface area contributed by atoms with Gasteiger partial charge in [-0.2, -0.15) is 0 Å². The minimum Gasteiger partial charge on any atom is -0.444 e. The Kier molecular flexibility index (Phi) is 5.61. The van der Waals surface area contributed by atoms with Gasteiger partial charge in [0, 0.05) is 5.41 Å². The molecule has 1 aromatic rings. The van der Waals surface area contributed by atoms with Gasteiger partial charge in [0.15, 0.2) is 6.23 Å². The van der Waals surface area contributed by atoms with Gasteiger partial charge in [0.25, 0.3) is 0 Å². The van der Waals surface area contributed by atoms with Crippen molar-refractivity contribution < 1.29 is 20.4 Å². The number of hydrogen-bond donors (Lipinski definition) is 0. The molecule has 154 valence electrons. The maximum atomic E-state index is 13.1. The number of rotatable bonds is 4. The number of amides is 1. The lowest BCUT2D eigenvalue weighted by molar-refractivity contribution is -0.147. The average Bonchev–Trinajstić information content (AvgIpc) is 2.91. The standard InChI is InChI=1S/C23H33NO4/c1-22(2,3)20-24(21(26)27-16-17-11-7-5-8-12-17)18(19(25)28-20)15-23(4)13-9-6-10-14-23/h5,7-8,11-12,18,20H,6,9-10,13-16H2,1-4H3/t18-,20-/m0/s1/i18D. The van der Waals surface area contributed by atoms with Gasteiger partial charge < -0.3 is 9.47 Å². The molecule has 0 N–H and O–H groups in total. The number of hydrogen-bond acceptors (Lipinski definition) is 4. The summed E-state index contributed by atoms with van der Waals surface area (Å²) in [6.45, 7) is 7.91. The number of ether oxygens (including phenoxy) is 2. The molecule has 1 aliphatic carbocycles. The van der Waals surface area contributed by atoms with Gasteiger partial charge >= 0.3 is 12.1 Å². The number of cyclic esters (lactones) is 1. The molecule has 1 amide bonds. The van der Waals surface area contributed by atoms with Crippen molar-refractivity contribution >= 4 is 12.1 Å². The lowest BCUT2D eigenvalue weighted by Gasteiger charge is -2.38. The quantitative estimate of drug-likeness (QED) is 0.658.